The summed E-state index contributed by atoms with van der Waals surface area (Å²) in [7, 11) is -3.26. The molecule has 14 heteroatoms. The Hall–Kier alpha value is -2.53. The summed E-state index contributed by atoms with van der Waals surface area (Å²) in [6.45, 7) is 7.94. The molecule has 3 aromatic rings. The van der Waals surface area contributed by atoms with Gasteiger partial charge in [0.2, 0.25) is 10.0 Å². The van der Waals surface area contributed by atoms with Crippen molar-refractivity contribution in [3.05, 3.63) is 45.7 Å². The van der Waals surface area contributed by atoms with E-state index in [4.69, 9.17) is 32.9 Å². The van der Waals surface area contributed by atoms with Crippen molar-refractivity contribution in [3.8, 4) is 6.07 Å². The van der Waals surface area contributed by atoms with Crippen molar-refractivity contribution in [2.24, 2.45) is 11.8 Å². The van der Waals surface area contributed by atoms with Crippen molar-refractivity contribution in [2.75, 3.05) is 69.7 Å². The molecule has 2 atom stereocenters. The van der Waals surface area contributed by atoms with Crippen LogP contribution in [-0.2, 0) is 14.8 Å². The molecule has 224 valence electrons. The molecule has 0 N–H and O–H groups in total. The first-order valence-electron chi connectivity index (χ1n) is 14.4. The molecule has 0 bridgehead atoms. The maximum absolute atomic E-state index is 12.8. The van der Waals surface area contributed by atoms with Gasteiger partial charge in [0.15, 0.2) is 11.3 Å². The van der Waals surface area contributed by atoms with E-state index in [9.17, 15) is 13.7 Å². The zero-order valence-electron chi connectivity index (χ0n) is 23.5. The van der Waals surface area contributed by atoms with E-state index >= 15 is 0 Å². The van der Waals surface area contributed by atoms with E-state index in [1.54, 1.807) is 27.3 Å². The molecule has 2 aromatic heterocycles. The minimum atomic E-state index is -3.26. The fourth-order valence-corrected chi connectivity index (χ4v) is 8.26. The number of nitriles is 1. The van der Waals surface area contributed by atoms with Gasteiger partial charge in [-0.05, 0) is 55.8 Å². The highest BCUT2D eigenvalue weighted by Gasteiger charge is 2.37. The number of anilines is 1. The maximum Gasteiger partial charge on any atom is 0.215 e. The van der Waals surface area contributed by atoms with Gasteiger partial charge in [-0.3, -0.25) is 0 Å². The SMILES string of the molecule is CC(c1ccc(Cl)cc1Cl)n1nc(C#N)c2ncc(N3CC([C@@H]4CCCN(CCS(=O)(=O)N5CCOCC5)C4)C3)nc21. The molecule has 0 radical (unpaired) electrons. The van der Waals surface area contributed by atoms with Gasteiger partial charge in [0.05, 0.1) is 31.2 Å². The second kappa shape index (κ2) is 12.2. The van der Waals surface area contributed by atoms with Crippen LogP contribution in [0.5, 0.6) is 0 Å². The van der Waals surface area contributed by atoms with E-state index in [2.05, 4.69) is 26.0 Å². The summed E-state index contributed by atoms with van der Waals surface area (Å²) >= 11 is 12.6. The lowest BCUT2D eigenvalue weighted by molar-refractivity contribution is 0.0726. The third-order valence-corrected chi connectivity index (χ3v) is 11.2. The van der Waals surface area contributed by atoms with Gasteiger partial charge in [-0.25, -0.2) is 23.1 Å². The zero-order valence-corrected chi connectivity index (χ0v) is 25.8. The molecule has 0 aliphatic carbocycles. The minimum absolute atomic E-state index is 0.157. The van der Waals surface area contributed by atoms with E-state index in [-0.39, 0.29) is 17.5 Å². The molecule has 3 aliphatic heterocycles. The molecule has 3 fully saturated rings. The number of aromatic nitrogens is 4. The van der Waals surface area contributed by atoms with Crippen LogP contribution in [0.3, 0.4) is 0 Å². The van der Waals surface area contributed by atoms with Crippen molar-refractivity contribution in [2.45, 2.75) is 25.8 Å². The summed E-state index contributed by atoms with van der Waals surface area (Å²) in [4.78, 5) is 14.0. The number of likely N-dealkylation sites (tertiary alicyclic amines) is 1. The Morgan fingerprint density at radius 1 is 1.14 bits per heavy atom. The molecular formula is C28H34Cl2N8O3S. The predicted molar refractivity (Wildman–Crippen MR) is 161 cm³/mol. The number of morpholine rings is 1. The van der Waals surface area contributed by atoms with Crippen LogP contribution in [0.1, 0.15) is 37.1 Å². The number of piperidine rings is 1. The van der Waals surface area contributed by atoms with Gasteiger partial charge in [-0.1, -0.05) is 29.3 Å². The summed E-state index contributed by atoms with van der Waals surface area (Å²) in [6, 6.07) is 7.19. The first-order chi connectivity index (χ1) is 20.2. The molecule has 3 saturated heterocycles. The normalized spacial score (nSPS) is 21.8. The van der Waals surface area contributed by atoms with E-state index in [1.165, 1.54) is 0 Å². The van der Waals surface area contributed by atoms with Gasteiger partial charge in [0, 0.05) is 49.3 Å². The fraction of sp³-hybridized carbons (Fsp3) is 0.571. The smallest absolute Gasteiger partial charge is 0.215 e. The number of rotatable bonds is 8. The molecule has 0 spiro atoms. The van der Waals surface area contributed by atoms with Gasteiger partial charge in [-0.15, -0.1) is 0 Å². The van der Waals surface area contributed by atoms with Crippen LogP contribution in [0.25, 0.3) is 11.2 Å². The van der Waals surface area contributed by atoms with Crippen LogP contribution in [0.2, 0.25) is 10.0 Å². The Balaban J connectivity index is 1.11. The number of hydrogen-bond donors (Lipinski definition) is 0. The largest absolute Gasteiger partial charge is 0.379 e. The second-order valence-electron chi connectivity index (χ2n) is 11.3. The first-order valence-corrected chi connectivity index (χ1v) is 16.7. The maximum atomic E-state index is 12.8. The Labute approximate surface area is 256 Å². The lowest BCUT2D eigenvalue weighted by Crippen LogP contribution is -2.54. The summed E-state index contributed by atoms with van der Waals surface area (Å²) in [5, 5.41) is 15.3. The highest BCUT2D eigenvalue weighted by Crippen LogP contribution is 2.35. The quantitative estimate of drug-likeness (QED) is 0.368. The Kier molecular flexibility index (Phi) is 8.60. The number of ether oxygens (including phenoxy) is 1. The van der Waals surface area contributed by atoms with Gasteiger partial charge in [0.25, 0.3) is 0 Å². The van der Waals surface area contributed by atoms with Crippen LogP contribution < -0.4 is 4.90 Å². The Morgan fingerprint density at radius 2 is 1.93 bits per heavy atom. The lowest BCUT2D eigenvalue weighted by Gasteiger charge is -2.47. The average molecular weight is 634 g/mol. The summed E-state index contributed by atoms with van der Waals surface area (Å²) in [5.74, 6) is 1.93. The van der Waals surface area contributed by atoms with E-state index in [0.717, 1.165) is 50.4 Å². The molecule has 11 nitrogen and oxygen atoms in total. The topological polar surface area (TPSA) is 120 Å². The first kappa shape index (κ1) is 29.5. The predicted octanol–water partition coefficient (Wildman–Crippen LogP) is 3.42. The third kappa shape index (κ3) is 5.96. The lowest BCUT2D eigenvalue weighted by atomic mass is 9.80. The molecule has 3 aliphatic rings. The Morgan fingerprint density at radius 3 is 2.67 bits per heavy atom. The van der Waals surface area contributed by atoms with Crippen LogP contribution in [0.4, 0.5) is 5.82 Å². The molecule has 6 rings (SSSR count). The van der Waals surface area contributed by atoms with E-state index in [1.807, 2.05) is 13.0 Å². The van der Waals surface area contributed by atoms with E-state index in [0.29, 0.717) is 65.9 Å². The number of fused-ring (bicyclic) bond motifs is 1. The second-order valence-corrected chi connectivity index (χ2v) is 14.3. The highest BCUT2D eigenvalue weighted by molar-refractivity contribution is 7.89. The molecule has 0 amide bonds. The average Bonchev–Trinajstić information content (AvgIpc) is 3.34. The van der Waals surface area contributed by atoms with E-state index < -0.39 is 10.0 Å². The van der Waals surface area contributed by atoms with Crippen molar-refractivity contribution in [1.82, 2.24) is 29.0 Å². The fourth-order valence-electron chi connectivity index (χ4n) is 6.24. The Bertz CT molecular complexity index is 1600. The number of benzene rings is 1. The monoisotopic (exact) mass is 632 g/mol. The van der Waals surface area contributed by atoms with Gasteiger partial charge >= 0.3 is 0 Å². The summed E-state index contributed by atoms with van der Waals surface area (Å²) in [6.07, 6.45) is 3.94. The van der Waals surface area contributed by atoms with Gasteiger partial charge < -0.3 is 14.5 Å². The molecular weight excluding hydrogens is 599 g/mol. The van der Waals surface area contributed by atoms with Gasteiger partial charge in [-0.2, -0.15) is 14.7 Å². The van der Waals surface area contributed by atoms with Gasteiger partial charge in [0.1, 0.15) is 17.4 Å². The summed E-state index contributed by atoms with van der Waals surface area (Å²) in [5.41, 5.74) is 2.05. The van der Waals surface area contributed by atoms with Crippen molar-refractivity contribution in [3.63, 3.8) is 0 Å². The number of nitrogens with zero attached hydrogens (tertiary/aromatic N) is 8. The molecule has 5 heterocycles. The molecule has 1 aromatic carbocycles. The molecule has 1 unspecified atom stereocenters. The zero-order chi connectivity index (χ0) is 29.4. The standard InChI is InChI=1S/C28H34Cl2N8O3S/c1-19(23-5-4-22(29)13-24(23)30)38-28-27(25(14-31)34-38)32-15-26(33-28)36-17-21(18-36)20-3-2-6-35(16-20)9-12-42(39,40)37-7-10-41-11-8-37/h4-5,13,15,19-21H,2-3,6-12,16-18H2,1H3/t19?,20-/m1/s1. The summed E-state index contributed by atoms with van der Waals surface area (Å²) < 4.78 is 34.2. The number of sulfonamides is 1. The molecule has 0 saturated carbocycles. The van der Waals surface area contributed by atoms with Crippen LogP contribution in [0, 0.1) is 23.2 Å². The van der Waals surface area contributed by atoms with Crippen molar-refractivity contribution in [1.29, 1.82) is 5.26 Å². The molecule has 42 heavy (non-hydrogen) atoms. The van der Waals surface area contributed by atoms with Crippen LogP contribution in [0.15, 0.2) is 24.4 Å². The number of halogens is 2. The minimum Gasteiger partial charge on any atom is -0.379 e. The van der Waals surface area contributed by atoms with Crippen LogP contribution >= 0.6 is 23.2 Å². The number of hydrogen-bond acceptors (Lipinski definition) is 9. The highest BCUT2D eigenvalue weighted by atomic mass is 35.5. The third-order valence-electron chi connectivity index (χ3n) is 8.75. The van der Waals surface area contributed by atoms with Crippen molar-refractivity contribution >= 4 is 50.2 Å². The van der Waals surface area contributed by atoms with Crippen molar-refractivity contribution < 1.29 is 13.2 Å². The van der Waals surface area contributed by atoms with Crippen LogP contribution in [-0.4, -0.2) is 102 Å².